The highest BCUT2D eigenvalue weighted by Gasteiger charge is 2.15. The minimum Gasteiger partial charge on any atom is -0.378 e. The van der Waals surface area contributed by atoms with Gasteiger partial charge in [-0.25, -0.2) is 0 Å². The number of hydrogen-bond acceptors (Lipinski definition) is 2. The molecule has 3 heteroatoms. The zero-order chi connectivity index (χ0) is 10.3. The lowest BCUT2D eigenvalue weighted by Crippen LogP contribution is -2.11. The molecule has 0 aliphatic heterocycles. The average Bonchev–Trinajstić information content (AvgIpc) is 2.46. The molecule has 2 rings (SSSR count). The van der Waals surface area contributed by atoms with E-state index in [9.17, 15) is 4.79 Å². The highest BCUT2D eigenvalue weighted by Crippen LogP contribution is 2.24. The molecule has 0 unspecified atom stereocenters. The summed E-state index contributed by atoms with van der Waals surface area (Å²) in [5.74, 6) is 0. The summed E-state index contributed by atoms with van der Waals surface area (Å²) in [7, 11) is 0. The second-order valence-corrected chi connectivity index (χ2v) is 4.49. The van der Waals surface area contributed by atoms with E-state index >= 15 is 0 Å². The molecule has 1 aromatic heterocycles. The normalized spacial score (nSPS) is 12.2. The molecule has 1 N–H and O–H groups in total. The molecule has 0 spiro atoms. The van der Waals surface area contributed by atoms with Crippen molar-refractivity contribution in [2.24, 2.45) is 0 Å². The van der Waals surface area contributed by atoms with Crippen LogP contribution in [0.5, 0.6) is 0 Å². The van der Waals surface area contributed by atoms with E-state index in [2.05, 4.69) is 25.9 Å². The van der Waals surface area contributed by atoms with Crippen LogP contribution in [0.25, 0.3) is 11.0 Å². The molecule has 0 aliphatic carbocycles. The summed E-state index contributed by atoms with van der Waals surface area (Å²) in [6.45, 7) is 6.34. The van der Waals surface area contributed by atoms with Gasteiger partial charge in [0.2, 0.25) is 0 Å². The molecule has 0 saturated carbocycles. The van der Waals surface area contributed by atoms with Gasteiger partial charge in [0.25, 0.3) is 5.56 Å². The van der Waals surface area contributed by atoms with Crippen LogP contribution in [0, 0.1) is 0 Å². The molecule has 74 valence electrons. The van der Waals surface area contributed by atoms with Gasteiger partial charge in [-0.3, -0.25) is 4.79 Å². The molecule has 0 atom stereocenters. The summed E-state index contributed by atoms with van der Waals surface area (Å²) in [6.07, 6.45) is 0. The molecule has 14 heavy (non-hydrogen) atoms. The van der Waals surface area contributed by atoms with Crippen molar-refractivity contribution in [3.8, 4) is 0 Å². The monoisotopic (exact) mass is 191 g/mol. The average molecular weight is 191 g/mol. The van der Waals surface area contributed by atoms with Crippen molar-refractivity contribution in [1.29, 1.82) is 0 Å². The van der Waals surface area contributed by atoms with Gasteiger partial charge in [-0.2, -0.15) is 5.16 Å². The maximum atomic E-state index is 11.3. The zero-order valence-electron chi connectivity index (χ0n) is 8.55. The van der Waals surface area contributed by atoms with E-state index in [1.54, 1.807) is 0 Å². The Morgan fingerprint density at radius 1 is 1.29 bits per heavy atom. The highest BCUT2D eigenvalue weighted by molar-refractivity contribution is 5.76. The molecule has 2 aromatic rings. The molecule has 1 heterocycles. The summed E-state index contributed by atoms with van der Waals surface area (Å²) in [6, 6.07) is 5.70. The predicted octanol–water partition coefficient (Wildman–Crippen LogP) is 2.42. The van der Waals surface area contributed by atoms with Crippen LogP contribution in [-0.4, -0.2) is 5.16 Å². The predicted molar refractivity (Wildman–Crippen MR) is 55.5 cm³/mol. The van der Waals surface area contributed by atoms with E-state index in [1.807, 2.05) is 18.2 Å². The number of benzene rings is 1. The van der Waals surface area contributed by atoms with E-state index < -0.39 is 0 Å². The number of H-pyrrole nitrogens is 1. The molecular weight excluding hydrogens is 178 g/mol. The van der Waals surface area contributed by atoms with Crippen molar-refractivity contribution in [2.45, 2.75) is 26.2 Å². The third-order valence-electron chi connectivity index (χ3n) is 2.34. The summed E-state index contributed by atoms with van der Waals surface area (Å²) < 4.78 is 4.98. The van der Waals surface area contributed by atoms with Crippen LogP contribution in [0.1, 0.15) is 26.3 Å². The Labute approximate surface area is 81.7 Å². The summed E-state index contributed by atoms with van der Waals surface area (Å²) in [5.41, 5.74) is 1.64. The fraction of sp³-hybridized carbons (Fsp3) is 0.364. The standard InChI is InChI=1S/C11H13NO2/c1-11(2,3)7-4-5-9-8(6-7)10(13)12-14-9/h4-6H,1-3H3,(H,12,13). The second kappa shape index (κ2) is 2.74. The quantitative estimate of drug-likeness (QED) is 0.695. The lowest BCUT2D eigenvalue weighted by Gasteiger charge is -2.18. The van der Waals surface area contributed by atoms with Gasteiger partial charge in [-0.15, -0.1) is 0 Å². The van der Waals surface area contributed by atoms with Gasteiger partial charge < -0.3 is 4.52 Å². The van der Waals surface area contributed by atoms with Gasteiger partial charge in [-0.1, -0.05) is 26.8 Å². The van der Waals surface area contributed by atoms with Gasteiger partial charge >= 0.3 is 0 Å². The molecule has 0 aliphatic rings. The fourth-order valence-corrected chi connectivity index (χ4v) is 1.42. The van der Waals surface area contributed by atoms with E-state index in [-0.39, 0.29) is 11.0 Å². The fourth-order valence-electron chi connectivity index (χ4n) is 1.42. The van der Waals surface area contributed by atoms with E-state index in [1.165, 1.54) is 0 Å². The first-order valence-corrected chi connectivity index (χ1v) is 4.60. The van der Waals surface area contributed by atoms with Crippen molar-refractivity contribution in [3.63, 3.8) is 0 Å². The minimum atomic E-state index is -0.161. The molecule has 0 saturated heterocycles. The zero-order valence-corrected chi connectivity index (χ0v) is 8.55. The molecule has 0 amide bonds. The van der Waals surface area contributed by atoms with E-state index in [0.29, 0.717) is 11.0 Å². The Morgan fingerprint density at radius 3 is 2.64 bits per heavy atom. The van der Waals surface area contributed by atoms with Crippen molar-refractivity contribution in [1.82, 2.24) is 5.16 Å². The largest absolute Gasteiger partial charge is 0.378 e. The third kappa shape index (κ3) is 1.35. The molecule has 0 radical (unpaired) electrons. The van der Waals surface area contributed by atoms with Crippen LogP contribution in [0.15, 0.2) is 27.5 Å². The lowest BCUT2D eigenvalue weighted by molar-refractivity contribution is 0.449. The third-order valence-corrected chi connectivity index (χ3v) is 2.34. The Morgan fingerprint density at radius 2 is 2.00 bits per heavy atom. The van der Waals surface area contributed by atoms with Crippen molar-refractivity contribution in [3.05, 3.63) is 34.1 Å². The summed E-state index contributed by atoms with van der Waals surface area (Å²) >= 11 is 0. The van der Waals surface area contributed by atoms with Crippen molar-refractivity contribution < 1.29 is 4.52 Å². The summed E-state index contributed by atoms with van der Waals surface area (Å²) in [4.78, 5) is 11.3. The van der Waals surface area contributed by atoms with Crippen LogP contribution < -0.4 is 5.56 Å². The van der Waals surface area contributed by atoms with Crippen LogP contribution >= 0.6 is 0 Å². The van der Waals surface area contributed by atoms with E-state index in [0.717, 1.165) is 5.56 Å². The number of nitrogens with one attached hydrogen (secondary N) is 1. The van der Waals surface area contributed by atoms with Gasteiger partial charge in [-0.05, 0) is 23.1 Å². The Bertz CT molecular complexity index is 514. The van der Waals surface area contributed by atoms with Gasteiger partial charge in [0, 0.05) is 0 Å². The molecule has 1 aromatic carbocycles. The van der Waals surface area contributed by atoms with Crippen LogP contribution in [-0.2, 0) is 5.41 Å². The number of fused-ring (bicyclic) bond motifs is 1. The Hall–Kier alpha value is -1.51. The van der Waals surface area contributed by atoms with Crippen LogP contribution in [0.4, 0.5) is 0 Å². The molecule has 3 nitrogen and oxygen atoms in total. The number of rotatable bonds is 0. The van der Waals surface area contributed by atoms with Gasteiger partial charge in [0.15, 0.2) is 5.58 Å². The first kappa shape index (κ1) is 9.06. The van der Waals surface area contributed by atoms with Gasteiger partial charge in [0.1, 0.15) is 0 Å². The summed E-state index contributed by atoms with van der Waals surface area (Å²) in [5, 5.41) is 2.95. The second-order valence-electron chi connectivity index (χ2n) is 4.49. The topological polar surface area (TPSA) is 46.0 Å². The maximum Gasteiger partial charge on any atom is 0.287 e. The van der Waals surface area contributed by atoms with Crippen LogP contribution in [0.2, 0.25) is 0 Å². The Kier molecular flexibility index (Phi) is 1.77. The first-order valence-electron chi connectivity index (χ1n) is 4.60. The SMILES string of the molecule is CC(C)(C)c1ccc2o[nH]c(=O)c2c1. The first-order chi connectivity index (χ1) is 6.48. The van der Waals surface area contributed by atoms with Gasteiger partial charge in [0.05, 0.1) is 5.39 Å². The number of aromatic amines is 1. The molecule has 0 fully saturated rings. The Balaban J connectivity index is 2.72. The smallest absolute Gasteiger partial charge is 0.287 e. The van der Waals surface area contributed by atoms with Crippen molar-refractivity contribution >= 4 is 11.0 Å². The minimum absolute atomic E-state index is 0.0535. The molecule has 0 bridgehead atoms. The number of hydrogen-bond donors (Lipinski definition) is 1. The van der Waals surface area contributed by atoms with Crippen LogP contribution in [0.3, 0.4) is 0 Å². The maximum absolute atomic E-state index is 11.3. The van der Waals surface area contributed by atoms with Crippen molar-refractivity contribution in [2.75, 3.05) is 0 Å². The van der Waals surface area contributed by atoms with E-state index in [4.69, 9.17) is 4.52 Å². The highest BCUT2D eigenvalue weighted by atomic mass is 16.5. The molecular formula is C11H13NO2. The lowest BCUT2D eigenvalue weighted by atomic mass is 9.87. The number of aromatic nitrogens is 1.